The summed E-state index contributed by atoms with van der Waals surface area (Å²) < 4.78 is 7.83. The Labute approximate surface area is 421 Å². The van der Waals surface area contributed by atoms with E-state index < -0.39 is 11.6 Å². The third-order valence-corrected chi connectivity index (χ3v) is 16.5. The van der Waals surface area contributed by atoms with E-state index in [1.807, 2.05) is 31.2 Å². The van der Waals surface area contributed by atoms with Gasteiger partial charge in [0.2, 0.25) is 0 Å². The van der Waals surface area contributed by atoms with E-state index in [0.29, 0.717) is 47.3 Å². The first-order valence-corrected chi connectivity index (χ1v) is 25.7. The van der Waals surface area contributed by atoms with E-state index in [9.17, 15) is 15.0 Å². The second-order valence-electron chi connectivity index (χ2n) is 19.1. The van der Waals surface area contributed by atoms with Gasteiger partial charge < -0.3 is 24.4 Å². The number of aromatic nitrogens is 4. The molecule has 358 valence electrons. The molecule has 0 spiro atoms. The number of hydrogen-bond acceptors (Lipinski definition) is 11. The molecule has 70 heavy (non-hydrogen) atoms. The van der Waals surface area contributed by atoms with Crippen molar-refractivity contribution in [2.24, 2.45) is 4.99 Å². The standard InChI is InChI=1S/C55H54Cl2N8O4S/c1-33-34(2)70-53-49(33)51(59-47(31-48-58-21-28-69-48)52-61-60-35(3)65(52)53)37-9-15-41(16-10-37)63-22-19-55(68,20-23-63)32-62-24-26-64(27-25-62)42-13-7-36(8-14-42)50-43-17-11-39(54(66)67)29-38(43)5-4-6-45(50)44-18-12-40(56)30-46(44)57/h7-18,21,28-30,47,68H,4-6,19-20,22-27,31-32H2,1-3H3,(H,66,67)/t47-/m1/s1. The van der Waals surface area contributed by atoms with E-state index in [1.165, 1.54) is 10.4 Å². The van der Waals surface area contributed by atoms with Crippen LogP contribution >= 0.6 is 34.5 Å². The quantitative estimate of drug-likeness (QED) is 0.136. The molecule has 12 nitrogen and oxygen atoms in total. The number of aromatic carboxylic acids is 1. The highest BCUT2D eigenvalue weighted by molar-refractivity contribution is 7.15. The Kier molecular flexibility index (Phi) is 12.5. The van der Waals surface area contributed by atoms with Gasteiger partial charge in [0.15, 0.2) is 11.7 Å². The number of nitrogens with zero attached hydrogens (tertiary/aromatic N) is 8. The van der Waals surface area contributed by atoms with Gasteiger partial charge in [-0.3, -0.25) is 14.5 Å². The van der Waals surface area contributed by atoms with Gasteiger partial charge in [-0.25, -0.2) is 9.78 Å². The fourth-order valence-electron chi connectivity index (χ4n) is 10.9. The normalized spacial score (nSPS) is 18.2. The smallest absolute Gasteiger partial charge is 0.335 e. The van der Waals surface area contributed by atoms with Crippen LogP contribution in [-0.4, -0.2) is 98.0 Å². The lowest BCUT2D eigenvalue weighted by atomic mass is 9.87. The molecule has 2 fully saturated rings. The van der Waals surface area contributed by atoms with Crippen molar-refractivity contribution in [2.45, 2.75) is 70.9 Å². The largest absolute Gasteiger partial charge is 0.478 e. The number of fused-ring (bicyclic) bond motifs is 4. The fraction of sp³-hybridized carbons (Fsp3) is 0.327. The van der Waals surface area contributed by atoms with Gasteiger partial charge in [0.05, 0.1) is 29.5 Å². The van der Waals surface area contributed by atoms with Crippen LogP contribution in [0.1, 0.15) is 103 Å². The molecule has 1 aliphatic carbocycles. The number of carboxylic acid groups (broad SMARTS) is 1. The topological polar surface area (TPSA) is 136 Å². The van der Waals surface area contributed by atoms with Crippen LogP contribution in [0.5, 0.6) is 0 Å². The molecule has 15 heteroatoms. The molecule has 3 aromatic heterocycles. The Morgan fingerprint density at radius 3 is 2.21 bits per heavy atom. The number of carboxylic acids is 1. The van der Waals surface area contributed by atoms with Crippen LogP contribution in [0.25, 0.3) is 16.1 Å². The summed E-state index contributed by atoms with van der Waals surface area (Å²) in [6, 6.07) is 28.3. The SMILES string of the molecule is Cc1sc2c(c1C)C(c1ccc(N3CCC(O)(CN4CCN(c5ccc(C6=C(c7ccc(Cl)cc7Cl)CCCc7cc(C(=O)O)ccc76)cc5)CC4)CC3)cc1)=N[C@H](Cc1ncco1)c1nnc(C)n1-2. The molecular formula is C55H54Cl2N8O4S. The summed E-state index contributed by atoms with van der Waals surface area (Å²) in [5, 5.41) is 33.1. The third-order valence-electron chi connectivity index (χ3n) is 14.8. The Bertz CT molecular complexity index is 3160. The summed E-state index contributed by atoms with van der Waals surface area (Å²) in [7, 11) is 0. The average molecular weight is 994 g/mol. The highest BCUT2D eigenvalue weighted by Gasteiger charge is 2.36. The summed E-state index contributed by atoms with van der Waals surface area (Å²) in [6.07, 6.45) is 7.55. The molecule has 2 N–H and O–H groups in total. The average Bonchev–Trinajstić information content (AvgIpc) is 4.03. The van der Waals surface area contributed by atoms with Crippen LogP contribution in [0.4, 0.5) is 11.4 Å². The summed E-state index contributed by atoms with van der Waals surface area (Å²) in [5.41, 5.74) is 12.4. The van der Waals surface area contributed by atoms with Crippen LogP contribution in [-0.2, 0) is 12.8 Å². The number of aliphatic imine (C=N–C) groups is 1. The number of oxazole rings is 1. The Hall–Kier alpha value is -6.09. The van der Waals surface area contributed by atoms with Crippen LogP contribution in [0.15, 0.2) is 107 Å². The molecule has 3 aliphatic heterocycles. The van der Waals surface area contributed by atoms with Crippen LogP contribution in [0.3, 0.4) is 0 Å². The van der Waals surface area contributed by atoms with Gasteiger partial charge in [-0.2, -0.15) is 0 Å². The second-order valence-corrected chi connectivity index (χ2v) is 21.2. The third kappa shape index (κ3) is 8.87. The minimum absolute atomic E-state index is 0.295. The van der Waals surface area contributed by atoms with Gasteiger partial charge in [0.1, 0.15) is 23.1 Å². The minimum Gasteiger partial charge on any atom is -0.478 e. The first-order valence-electron chi connectivity index (χ1n) is 24.1. The van der Waals surface area contributed by atoms with Crippen molar-refractivity contribution < 1.29 is 19.4 Å². The van der Waals surface area contributed by atoms with Crippen molar-refractivity contribution in [3.05, 3.63) is 174 Å². The van der Waals surface area contributed by atoms with Crippen molar-refractivity contribution in [1.82, 2.24) is 24.6 Å². The summed E-state index contributed by atoms with van der Waals surface area (Å²) >= 11 is 14.9. The van der Waals surface area contributed by atoms with Crippen LogP contribution in [0, 0.1) is 20.8 Å². The van der Waals surface area contributed by atoms with Gasteiger partial charge >= 0.3 is 5.97 Å². The Balaban J connectivity index is 0.747. The molecule has 6 heterocycles. The van der Waals surface area contributed by atoms with Crippen molar-refractivity contribution >= 4 is 68.7 Å². The Morgan fingerprint density at radius 1 is 0.829 bits per heavy atom. The molecule has 7 aromatic rings. The van der Waals surface area contributed by atoms with E-state index in [-0.39, 0.29) is 6.04 Å². The number of anilines is 2. The maximum absolute atomic E-state index is 12.0. The van der Waals surface area contributed by atoms with Crippen molar-refractivity contribution in [3.63, 3.8) is 0 Å². The monoisotopic (exact) mass is 992 g/mol. The maximum Gasteiger partial charge on any atom is 0.335 e. The number of thiophene rings is 1. The Morgan fingerprint density at radius 2 is 1.53 bits per heavy atom. The predicted octanol–water partition coefficient (Wildman–Crippen LogP) is 10.8. The first kappa shape index (κ1) is 46.3. The molecule has 11 rings (SSSR count). The lowest BCUT2D eigenvalue weighted by Crippen LogP contribution is -2.55. The van der Waals surface area contributed by atoms with E-state index in [2.05, 4.69) is 96.8 Å². The number of rotatable bonds is 10. The zero-order valence-electron chi connectivity index (χ0n) is 39.5. The molecule has 4 aromatic carbocycles. The number of piperazine rings is 1. The van der Waals surface area contributed by atoms with Gasteiger partial charge in [-0.05, 0) is 140 Å². The molecule has 4 aliphatic rings. The van der Waals surface area contributed by atoms with Crippen LogP contribution in [0.2, 0.25) is 10.0 Å². The second kappa shape index (κ2) is 18.9. The molecule has 2 saturated heterocycles. The highest BCUT2D eigenvalue weighted by atomic mass is 35.5. The van der Waals surface area contributed by atoms with E-state index >= 15 is 0 Å². The first-order chi connectivity index (χ1) is 33.9. The highest BCUT2D eigenvalue weighted by Crippen LogP contribution is 2.44. The zero-order valence-corrected chi connectivity index (χ0v) is 41.8. The number of benzene rings is 4. The van der Waals surface area contributed by atoms with E-state index in [0.717, 1.165) is 137 Å². The summed E-state index contributed by atoms with van der Waals surface area (Å²) in [6.45, 7) is 12.0. The summed E-state index contributed by atoms with van der Waals surface area (Å²) in [4.78, 5) is 30.2. The van der Waals surface area contributed by atoms with Crippen molar-refractivity contribution in [1.29, 1.82) is 0 Å². The van der Waals surface area contributed by atoms with Gasteiger partial charge in [0.25, 0.3) is 0 Å². The molecule has 0 unspecified atom stereocenters. The van der Waals surface area contributed by atoms with Gasteiger partial charge in [-0.15, -0.1) is 21.5 Å². The minimum atomic E-state index is -0.927. The van der Waals surface area contributed by atoms with E-state index in [1.54, 1.807) is 35.9 Å². The number of carbonyl (C=O) groups is 1. The number of halogens is 2. The number of hydrogen-bond donors (Lipinski definition) is 2. The molecule has 0 bridgehead atoms. The number of allylic oxidation sites excluding steroid dienone is 1. The van der Waals surface area contributed by atoms with E-state index in [4.69, 9.17) is 32.6 Å². The maximum atomic E-state index is 12.0. The van der Waals surface area contributed by atoms with Gasteiger partial charge in [0, 0.05) is 83.2 Å². The zero-order chi connectivity index (χ0) is 48.3. The summed E-state index contributed by atoms with van der Waals surface area (Å²) in [5.74, 6) is 1.29. The fourth-order valence-corrected chi connectivity index (χ4v) is 12.6. The molecule has 1 atom stereocenters. The van der Waals surface area contributed by atoms with Gasteiger partial charge in [-0.1, -0.05) is 59.6 Å². The molecule has 0 radical (unpaired) electrons. The van der Waals surface area contributed by atoms with Crippen molar-refractivity contribution in [2.75, 3.05) is 55.6 Å². The molecule has 0 amide bonds. The number of β-amino-alcohol motifs (C(OH)–C–C–N with tert-alkyl or cyclic N) is 1. The van der Waals surface area contributed by atoms with Crippen molar-refractivity contribution in [3.8, 4) is 5.00 Å². The molecular weight excluding hydrogens is 940 g/mol. The van der Waals surface area contributed by atoms with Crippen LogP contribution < -0.4 is 9.80 Å². The lowest BCUT2D eigenvalue weighted by molar-refractivity contribution is -0.0173. The lowest BCUT2D eigenvalue weighted by Gasteiger charge is -2.44. The number of aliphatic hydroxyl groups is 1. The number of piperidine rings is 1. The molecule has 0 saturated carbocycles. The number of aryl methyl sites for hydroxylation is 3. The predicted molar refractivity (Wildman–Crippen MR) is 279 cm³/mol.